The van der Waals surface area contributed by atoms with Crippen molar-refractivity contribution in [3.8, 4) is 11.1 Å². The number of nitrogens with zero attached hydrogens (tertiary/aromatic N) is 4. The van der Waals surface area contributed by atoms with Gasteiger partial charge in [0.05, 0.1) is 5.41 Å². The van der Waals surface area contributed by atoms with E-state index in [0.717, 1.165) is 16.7 Å². The molecule has 2 heterocycles. The predicted molar refractivity (Wildman–Crippen MR) is 118 cm³/mol. The van der Waals surface area contributed by atoms with Gasteiger partial charge in [-0.15, -0.1) is 0 Å². The molecule has 1 aromatic heterocycles. The number of likely N-dealkylation sites (tertiary alicyclic amines) is 1. The van der Waals surface area contributed by atoms with Gasteiger partial charge in [-0.2, -0.15) is 5.10 Å². The molecule has 0 aliphatic carbocycles. The second-order valence-corrected chi connectivity index (χ2v) is 8.46. The van der Waals surface area contributed by atoms with Crippen molar-refractivity contribution in [2.45, 2.75) is 33.2 Å². The Morgan fingerprint density at radius 2 is 1.88 bits per heavy atom. The van der Waals surface area contributed by atoms with Crippen molar-refractivity contribution in [3.05, 3.63) is 71.6 Å². The molecular formula is C24H26FN5O2. The second kappa shape index (κ2) is 8.53. The number of amides is 2. The van der Waals surface area contributed by atoms with Crippen LogP contribution in [0.25, 0.3) is 11.1 Å². The maximum absolute atomic E-state index is 13.3. The number of halogens is 1. The van der Waals surface area contributed by atoms with Crippen LogP contribution < -0.4 is 5.73 Å². The van der Waals surface area contributed by atoms with Crippen LogP contribution in [0.2, 0.25) is 0 Å². The molecule has 2 aromatic carbocycles. The van der Waals surface area contributed by atoms with Crippen molar-refractivity contribution in [2.75, 3.05) is 13.1 Å². The number of hydrogen-bond acceptors (Lipinski definition) is 4. The Morgan fingerprint density at radius 1 is 1.12 bits per heavy atom. The highest BCUT2D eigenvalue weighted by Gasteiger charge is 2.44. The molecule has 32 heavy (non-hydrogen) atoms. The molecule has 2 amide bonds. The van der Waals surface area contributed by atoms with E-state index >= 15 is 0 Å². The van der Waals surface area contributed by atoms with E-state index < -0.39 is 11.3 Å². The zero-order chi connectivity index (χ0) is 22.9. The first kappa shape index (κ1) is 21.7. The number of nitrogens with two attached hydrogens (primary N) is 1. The van der Waals surface area contributed by atoms with E-state index in [4.69, 9.17) is 5.73 Å². The van der Waals surface area contributed by atoms with Crippen LogP contribution in [0.15, 0.2) is 48.5 Å². The molecule has 3 aromatic rings. The van der Waals surface area contributed by atoms with Gasteiger partial charge >= 0.3 is 0 Å². The first-order valence-corrected chi connectivity index (χ1v) is 10.6. The van der Waals surface area contributed by atoms with Gasteiger partial charge in [-0.1, -0.05) is 36.4 Å². The molecule has 0 saturated carbocycles. The van der Waals surface area contributed by atoms with E-state index in [1.807, 2.05) is 24.3 Å². The fourth-order valence-corrected chi connectivity index (χ4v) is 4.35. The lowest BCUT2D eigenvalue weighted by Crippen LogP contribution is -2.43. The summed E-state index contributed by atoms with van der Waals surface area (Å²) in [5.74, 6) is 0.483. The van der Waals surface area contributed by atoms with Gasteiger partial charge in [0.2, 0.25) is 11.8 Å². The summed E-state index contributed by atoms with van der Waals surface area (Å²) in [5, 5.41) is 4.25. The summed E-state index contributed by atoms with van der Waals surface area (Å²) in [6.07, 6.45) is 0.937. The van der Waals surface area contributed by atoms with Crippen LogP contribution in [0.4, 0.5) is 4.39 Å². The van der Waals surface area contributed by atoms with Crippen molar-refractivity contribution in [3.63, 3.8) is 0 Å². The third-order valence-corrected chi connectivity index (χ3v) is 6.12. The second-order valence-electron chi connectivity index (χ2n) is 8.46. The SMILES string of the molecule is Cc1nc(C)n(CC(=O)N2CC[C@@](Cc3cccc(-c4ccc(F)cc4)c3)(C(N)=O)C2)n1. The molecule has 2 N–H and O–H groups in total. The fraction of sp³-hybridized carbons (Fsp3) is 0.333. The number of carbonyl (C=O) groups is 2. The topological polar surface area (TPSA) is 94.1 Å². The van der Waals surface area contributed by atoms with Crippen molar-refractivity contribution in [1.29, 1.82) is 0 Å². The Morgan fingerprint density at radius 3 is 2.53 bits per heavy atom. The average Bonchev–Trinajstić information content (AvgIpc) is 3.32. The maximum Gasteiger partial charge on any atom is 0.244 e. The molecule has 8 heteroatoms. The summed E-state index contributed by atoms with van der Waals surface area (Å²) in [7, 11) is 0. The van der Waals surface area contributed by atoms with Gasteiger partial charge in [-0.3, -0.25) is 9.59 Å². The number of hydrogen-bond donors (Lipinski definition) is 1. The van der Waals surface area contributed by atoms with Crippen LogP contribution in [0.3, 0.4) is 0 Å². The zero-order valence-electron chi connectivity index (χ0n) is 18.2. The van der Waals surface area contributed by atoms with Crippen molar-refractivity contribution in [1.82, 2.24) is 19.7 Å². The van der Waals surface area contributed by atoms with Crippen molar-refractivity contribution < 1.29 is 14.0 Å². The quantitative estimate of drug-likeness (QED) is 0.644. The molecule has 166 valence electrons. The van der Waals surface area contributed by atoms with E-state index in [1.165, 1.54) is 12.1 Å². The minimum Gasteiger partial charge on any atom is -0.369 e. The summed E-state index contributed by atoms with van der Waals surface area (Å²) < 4.78 is 14.8. The number of aromatic nitrogens is 3. The zero-order valence-corrected chi connectivity index (χ0v) is 18.2. The first-order valence-electron chi connectivity index (χ1n) is 10.6. The van der Waals surface area contributed by atoms with Crippen LogP contribution in [0.1, 0.15) is 23.6 Å². The van der Waals surface area contributed by atoms with E-state index in [9.17, 15) is 14.0 Å². The molecule has 7 nitrogen and oxygen atoms in total. The maximum atomic E-state index is 13.3. The largest absolute Gasteiger partial charge is 0.369 e. The molecule has 0 spiro atoms. The van der Waals surface area contributed by atoms with E-state index in [-0.39, 0.29) is 24.8 Å². The third kappa shape index (κ3) is 4.39. The Kier molecular flexibility index (Phi) is 5.78. The standard InChI is InChI=1S/C24H26FN5O2/c1-16-27-17(2)30(28-16)14-22(31)29-11-10-24(15-29,23(26)32)13-18-4-3-5-20(12-18)19-6-8-21(25)9-7-19/h3-9,12H,10-11,13-15H2,1-2H3,(H2,26,32)/t24-/m0/s1. The molecular weight excluding hydrogens is 409 g/mol. The summed E-state index contributed by atoms with van der Waals surface area (Å²) in [4.78, 5) is 31.3. The van der Waals surface area contributed by atoms with Gasteiger partial charge in [0, 0.05) is 13.1 Å². The average molecular weight is 436 g/mol. The molecule has 0 radical (unpaired) electrons. The summed E-state index contributed by atoms with van der Waals surface area (Å²) in [6, 6.07) is 14.1. The van der Waals surface area contributed by atoms with Crippen molar-refractivity contribution >= 4 is 11.8 Å². The van der Waals surface area contributed by atoms with E-state index in [0.29, 0.717) is 31.0 Å². The Labute approximate surface area is 186 Å². The van der Waals surface area contributed by atoms with Crippen molar-refractivity contribution in [2.24, 2.45) is 11.1 Å². The molecule has 0 bridgehead atoms. The third-order valence-electron chi connectivity index (χ3n) is 6.12. The normalized spacial score (nSPS) is 18.2. The molecule has 1 atom stereocenters. The van der Waals surface area contributed by atoms with Gasteiger partial charge in [-0.25, -0.2) is 14.1 Å². The number of rotatable bonds is 6. The molecule has 1 saturated heterocycles. The van der Waals surface area contributed by atoms with Crippen LogP contribution >= 0.6 is 0 Å². The predicted octanol–water partition coefficient (Wildman–Crippen LogP) is 2.65. The van der Waals surface area contributed by atoms with Crippen LogP contribution in [-0.4, -0.2) is 44.6 Å². The molecule has 1 aliphatic heterocycles. The summed E-state index contributed by atoms with van der Waals surface area (Å²) in [6.45, 7) is 4.41. The molecule has 0 unspecified atom stereocenters. The highest BCUT2D eigenvalue weighted by molar-refractivity contribution is 5.84. The van der Waals surface area contributed by atoms with E-state index in [2.05, 4.69) is 10.1 Å². The summed E-state index contributed by atoms with van der Waals surface area (Å²) >= 11 is 0. The Hall–Kier alpha value is -3.55. The first-order chi connectivity index (χ1) is 15.3. The van der Waals surface area contributed by atoms with Crippen LogP contribution in [-0.2, 0) is 22.6 Å². The monoisotopic (exact) mass is 435 g/mol. The van der Waals surface area contributed by atoms with Gasteiger partial charge in [0.15, 0.2) is 0 Å². The molecule has 1 aliphatic rings. The van der Waals surface area contributed by atoms with Crippen LogP contribution in [0, 0.1) is 25.1 Å². The highest BCUT2D eigenvalue weighted by Crippen LogP contribution is 2.35. The lowest BCUT2D eigenvalue weighted by molar-refractivity contribution is -0.132. The minimum atomic E-state index is -0.829. The lowest BCUT2D eigenvalue weighted by Gasteiger charge is -2.26. The number of primary amides is 1. The Bertz CT molecular complexity index is 1160. The number of aryl methyl sites for hydroxylation is 2. The Balaban J connectivity index is 1.51. The number of benzene rings is 2. The highest BCUT2D eigenvalue weighted by atomic mass is 19.1. The molecule has 1 fully saturated rings. The number of carbonyl (C=O) groups excluding carboxylic acids is 2. The smallest absolute Gasteiger partial charge is 0.244 e. The minimum absolute atomic E-state index is 0.0849. The van der Waals surface area contributed by atoms with Gasteiger partial charge in [0.1, 0.15) is 24.0 Å². The van der Waals surface area contributed by atoms with Gasteiger partial charge < -0.3 is 10.6 Å². The van der Waals surface area contributed by atoms with Crippen LogP contribution in [0.5, 0.6) is 0 Å². The van der Waals surface area contributed by atoms with Gasteiger partial charge in [0.25, 0.3) is 0 Å². The summed E-state index contributed by atoms with van der Waals surface area (Å²) in [5.41, 5.74) is 7.79. The van der Waals surface area contributed by atoms with Gasteiger partial charge in [-0.05, 0) is 55.5 Å². The lowest BCUT2D eigenvalue weighted by atomic mass is 9.79. The molecule has 4 rings (SSSR count). The van der Waals surface area contributed by atoms with E-state index in [1.54, 1.807) is 35.6 Å². The fourth-order valence-electron chi connectivity index (χ4n) is 4.35.